The molecule has 2 bridgehead atoms. The van der Waals surface area contributed by atoms with Crippen molar-refractivity contribution < 1.29 is 29.0 Å². The molecule has 0 saturated carbocycles. The minimum atomic E-state index is -1.01. The highest BCUT2D eigenvalue weighted by atomic mass is 79.9. The molecular formula is C21H33BrN2O6. The van der Waals surface area contributed by atoms with Crippen molar-refractivity contribution in [2.75, 3.05) is 26.3 Å². The third-order valence-corrected chi connectivity index (χ3v) is 7.33. The molecule has 0 radical (unpaired) electrons. The largest absolute Gasteiger partial charge is 0.466 e. The van der Waals surface area contributed by atoms with Gasteiger partial charge in [-0.25, -0.2) is 0 Å². The van der Waals surface area contributed by atoms with Gasteiger partial charge in [0.05, 0.1) is 24.5 Å². The monoisotopic (exact) mass is 488 g/mol. The third kappa shape index (κ3) is 4.00. The number of nitrogens with one attached hydrogen (secondary N) is 1. The van der Waals surface area contributed by atoms with Gasteiger partial charge in [0.25, 0.3) is 0 Å². The Bertz CT molecular complexity index is 661. The van der Waals surface area contributed by atoms with Crippen LogP contribution in [0.2, 0.25) is 0 Å². The SMILES string of the molecule is CCCCNC(=O)[C@H]1N(CCCCCO)C(=O)[C@@H]2[C@@H](C(=O)OCC)[C@@H]3O[C@@]21CC3Br. The van der Waals surface area contributed by atoms with Gasteiger partial charge >= 0.3 is 5.97 Å². The number of likely N-dealkylation sites (tertiary alicyclic amines) is 1. The van der Waals surface area contributed by atoms with Crippen molar-refractivity contribution in [2.24, 2.45) is 11.8 Å². The van der Waals surface area contributed by atoms with E-state index in [1.807, 2.05) is 0 Å². The first-order valence-corrected chi connectivity index (χ1v) is 12.0. The lowest BCUT2D eigenvalue weighted by Gasteiger charge is -2.34. The summed E-state index contributed by atoms with van der Waals surface area (Å²) in [7, 11) is 0. The number of carbonyl (C=O) groups is 3. The van der Waals surface area contributed by atoms with Crippen LogP contribution in [0, 0.1) is 11.8 Å². The Balaban J connectivity index is 1.89. The number of alkyl halides is 1. The molecule has 3 heterocycles. The van der Waals surface area contributed by atoms with E-state index in [4.69, 9.17) is 14.6 Å². The zero-order chi connectivity index (χ0) is 21.9. The van der Waals surface area contributed by atoms with Crippen LogP contribution in [0.15, 0.2) is 0 Å². The summed E-state index contributed by atoms with van der Waals surface area (Å²) in [6, 6.07) is -0.759. The Hall–Kier alpha value is -1.19. The molecule has 1 unspecified atom stereocenters. The predicted molar refractivity (Wildman–Crippen MR) is 113 cm³/mol. The lowest BCUT2D eigenvalue weighted by atomic mass is 9.70. The summed E-state index contributed by atoms with van der Waals surface area (Å²) in [5, 5.41) is 12.0. The Morgan fingerprint density at radius 2 is 2.07 bits per heavy atom. The van der Waals surface area contributed by atoms with Crippen LogP contribution in [0.25, 0.3) is 0 Å². The molecular weight excluding hydrogens is 456 g/mol. The van der Waals surface area contributed by atoms with Crippen LogP contribution in [0.5, 0.6) is 0 Å². The molecule has 3 aliphatic heterocycles. The van der Waals surface area contributed by atoms with E-state index in [-0.39, 0.29) is 29.9 Å². The van der Waals surface area contributed by atoms with Gasteiger partial charge in [-0.2, -0.15) is 0 Å². The van der Waals surface area contributed by atoms with Crippen molar-refractivity contribution in [1.29, 1.82) is 0 Å². The molecule has 3 rings (SSSR count). The van der Waals surface area contributed by atoms with Crippen LogP contribution in [0.4, 0.5) is 0 Å². The summed E-state index contributed by atoms with van der Waals surface area (Å²) >= 11 is 3.62. The fourth-order valence-electron chi connectivity index (χ4n) is 5.23. The molecule has 30 heavy (non-hydrogen) atoms. The Labute approximate surface area is 186 Å². The molecule has 2 N–H and O–H groups in total. The van der Waals surface area contributed by atoms with Crippen LogP contribution in [-0.4, -0.2) is 76.7 Å². The van der Waals surface area contributed by atoms with E-state index in [2.05, 4.69) is 28.2 Å². The number of aliphatic hydroxyl groups is 1. The van der Waals surface area contributed by atoms with Crippen LogP contribution in [-0.2, 0) is 23.9 Å². The number of ether oxygens (including phenoxy) is 2. The molecule has 6 atom stereocenters. The summed E-state index contributed by atoms with van der Waals surface area (Å²) in [6.45, 7) is 5.06. The molecule has 3 saturated heterocycles. The normalized spacial score (nSPS) is 34.3. The average Bonchev–Trinajstić information content (AvgIpc) is 3.29. The maximum Gasteiger partial charge on any atom is 0.312 e. The zero-order valence-corrected chi connectivity index (χ0v) is 19.4. The highest BCUT2D eigenvalue weighted by Gasteiger charge is 2.76. The van der Waals surface area contributed by atoms with Crippen molar-refractivity contribution in [3.63, 3.8) is 0 Å². The Morgan fingerprint density at radius 1 is 1.30 bits per heavy atom. The first-order valence-electron chi connectivity index (χ1n) is 11.1. The molecule has 0 aromatic carbocycles. The smallest absolute Gasteiger partial charge is 0.312 e. The van der Waals surface area contributed by atoms with E-state index >= 15 is 0 Å². The number of amides is 2. The Kier molecular flexibility index (Phi) is 7.79. The van der Waals surface area contributed by atoms with Gasteiger partial charge in [-0.15, -0.1) is 0 Å². The molecule has 8 nitrogen and oxygen atoms in total. The molecule has 170 valence electrons. The van der Waals surface area contributed by atoms with Crippen LogP contribution in [0.1, 0.15) is 52.4 Å². The van der Waals surface area contributed by atoms with E-state index in [1.54, 1.807) is 11.8 Å². The van der Waals surface area contributed by atoms with Crippen molar-refractivity contribution in [3.8, 4) is 0 Å². The van der Waals surface area contributed by atoms with Gasteiger partial charge in [0.1, 0.15) is 11.6 Å². The van der Waals surface area contributed by atoms with E-state index < -0.39 is 35.6 Å². The number of fused-ring (bicyclic) bond motifs is 1. The first kappa shape index (κ1) is 23.5. The number of rotatable bonds is 11. The highest BCUT2D eigenvalue weighted by molar-refractivity contribution is 9.09. The van der Waals surface area contributed by atoms with Gasteiger partial charge in [0.15, 0.2) is 0 Å². The maximum atomic E-state index is 13.5. The zero-order valence-electron chi connectivity index (χ0n) is 17.8. The predicted octanol–water partition coefficient (Wildman–Crippen LogP) is 1.38. The highest BCUT2D eigenvalue weighted by Crippen LogP contribution is 2.60. The van der Waals surface area contributed by atoms with Gasteiger partial charge in [0.2, 0.25) is 11.8 Å². The number of hydrogen-bond acceptors (Lipinski definition) is 6. The summed E-state index contributed by atoms with van der Waals surface area (Å²) < 4.78 is 11.6. The van der Waals surface area contributed by atoms with Crippen LogP contribution in [0.3, 0.4) is 0 Å². The van der Waals surface area contributed by atoms with Crippen LogP contribution >= 0.6 is 15.9 Å². The second-order valence-corrected chi connectivity index (χ2v) is 9.55. The molecule has 3 fully saturated rings. The number of carbonyl (C=O) groups excluding carboxylic acids is 3. The second-order valence-electron chi connectivity index (χ2n) is 8.38. The minimum Gasteiger partial charge on any atom is -0.466 e. The third-order valence-electron chi connectivity index (χ3n) is 6.48. The number of nitrogens with zero attached hydrogens (tertiary/aromatic N) is 1. The fraction of sp³-hybridized carbons (Fsp3) is 0.857. The fourth-order valence-corrected chi connectivity index (χ4v) is 6.18. The van der Waals surface area contributed by atoms with Crippen molar-refractivity contribution >= 4 is 33.7 Å². The lowest BCUT2D eigenvalue weighted by molar-refractivity contribution is -0.154. The standard InChI is InChI=1S/C21H33BrN2O6/c1-3-5-9-23-18(26)17-21-12-13(22)16(30-21)14(20(28)29-4-2)15(21)19(27)24(17)10-7-6-8-11-25/h13-17,25H,3-12H2,1-2H3,(H,23,26)/t13?,14-,15+,16-,17-,21+/m1/s1. The van der Waals surface area contributed by atoms with E-state index in [0.717, 1.165) is 19.3 Å². The molecule has 0 aromatic heterocycles. The van der Waals surface area contributed by atoms with Crippen molar-refractivity contribution in [1.82, 2.24) is 10.2 Å². The van der Waals surface area contributed by atoms with Crippen LogP contribution < -0.4 is 5.32 Å². The topological polar surface area (TPSA) is 105 Å². The summed E-state index contributed by atoms with van der Waals surface area (Å²) in [4.78, 5) is 41.0. The van der Waals surface area contributed by atoms with E-state index in [9.17, 15) is 14.4 Å². The number of esters is 1. The molecule has 9 heteroatoms. The van der Waals surface area contributed by atoms with E-state index in [0.29, 0.717) is 32.4 Å². The summed E-state index contributed by atoms with van der Waals surface area (Å²) in [5.41, 5.74) is -1.01. The van der Waals surface area contributed by atoms with Gasteiger partial charge in [-0.05, 0) is 39.0 Å². The quantitative estimate of drug-likeness (QED) is 0.258. The number of unbranched alkanes of at least 4 members (excludes halogenated alkanes) is 3. The number of hydrogen-bond donors (Lipinski definition) is 2. The molecule has 0 aromatic rings. The van der Waals surface area contributed by atoms with Gasteiger partial charge < -0.3 is 24.8 Å². The van der Waals surface area contributed by atoms with Crippen molar-refractivity contribution in [2.45, 2.75) is 74.9 Å². The molecule has 0 aliphatic carbocycles. The first-order chi connectivity index (χ1) is 14.4. The molecule has 3 aliphatic rings. The van der Waals surface area contributed by atoms with Gasteiger partial charge in [-0.1, -0.05) is 29.3 Å². The second kappa shape index (κ2) is 9.96. The van der Waals surface area contributed by atoms with Crippen molar-refractivity contribution in [3.05, 3.63) is 0 Å². The molecule has 2 amide bonds. The summed E-state index contributed by atoms with van der Waals surface area (Å²) in [5.74, 6) is -2.25. The summed E-state index contributed by atoms with van der Waals surface area (Å²) in [6.07, 6.45) is 3.93. The number of aliphatic hydroxyl groups excluding tert-OH is 1. The average molecular weight is 489 g/mol. The lowest BCUT2D eigenvalue weighted by Crippen LogP contribution is -2.56. The maximum absolute atomic E-state index is 13.5. The van der Waals surface area contributed by atoms with E-state index in [1.165, 1.54) is 0 Å². The molecule has 1 spiro atoms. The van der Waals surface area contributed by atoms with Gasteiger partial charge in [0, 0.05) is 24.5 Å². The Morgan fingerprint density at radius 3 is 2.73 bits per heavy atom. The van der Waals surface area contributed by atoms with Gasteiger partial charge in [-0.3, -0.25) is 14.4 Å². The minimum absolute atomic E-state index is 0.0996. The number of halogens is 1.